The fraction of sp³-hybridized carbons (Fsp3) is 0.480. The monoisotopic (exact) mass is 473 g/mol. The first-order valence-electron chi connectivity index (χ1n) is 11.3. The quantitative estimate of drug-likeness (QED) is 0.431. The minimum atomic E-state index is -0.713. The van der Waals surface area contributed by atoms with Crippen LogP contribution in [-0.4, -0.2) is 42.5 Å². The van der Waals surface area contributed by atoms with E-state index in [0.29, 0.717) is 46.8 Å². The highest BCUT2D eigenvalue weighted by Gasteiger charge is 2.52. The third kappa shape index (κ3) is 5.38. The number of hydrogen-bond donors (Lipinski definition) is 2. The molecule has 1 saturated heterocycles. The van der Waals surface area contributed by atoms with Crippen LogP contribution in [-0.2, 0) is 9.31 Å². The predicted octanol–water partition coefficient (Wildman–Crippen LogP) is 4.66. The molecule has 178 valence electrons. The highest BCUT2D eigenvalue weighted by molar-refractivity contribution is 6.66. The van der Waals surface area contributed by atoms with Crippen LogP contribution in [0.4, 0.5) is 5.69 Å². The van der Waals surface area contributed by atoms with E-state index >= 15 is 0 Å². The number of ether oxygens (including phenoxy) is 1. The summed E-state index contributed by atoms with van der Waals surface area (Å²) < 4.78 is 18.4. The minimum Gasteiger partial charge on any atom is -0.492 e. The molecule has 0 unspecified atom stereocenters. The second kappa shape index (κ2) is 10.1. The Labute approximate surface area is 201 Å². The molecule has 2 aromatic rings. The van der Waals surface area contributed by atoms with Crippen LogP contribution in [0.25, 0.3) is 0 Å². The summed E-state index contributed by atoms with van der Waals surface area (Å²) in [6.07, 6.45) is 1.27. The highest BCUT2D eigenvalue weighted by Crippen LogP contribution is 2.38. The van der Waals surface area contributed by atoms with Crippen LogP contribution >= 0.6 is 11.6 Å². The van der Waals surface area contributed by atoms with Gasteiger partial charge in [-0.15, -0.1) is 0 Å². The summed E-state index contributed by atoms with van der Waals surface area (Å²) in [4.78, 5) is 13.4. The Hall–Kier alpha value is -2.06. The van der Waals surface area contributed by atoms with Gasteiger partial charge in [0.2, 0.25) is 0 Å². The van der Waals surface area contributed by atoms with Gasteiger partial charge in [-0.2, -0.15) is 0 Å². The highest BCUT2D eigenvalue weighted by atomic mass is 35.5. The Morgan fingerprint density at radius 1 is 1.12 bits per heavy atom. The lowest BCUT2D eigenvalue weighted by Crippen LogP contribution is -2.41. The van der Waals surface area contributed by atoms with Crippen molar-refractivity contribution in [2.45, 2.75) is 65.6 Å². The first-order chi connectivity index (χ1) is 15.5. The van der Waals surface area contributed by atoms with Crippen LogP contribution in [0.2, 0.25) is 5.02 Å². The van der Waals surface area contributed by atoms with E-state index in [1.54, 1.807) is 6.07 Å². The van der Waals surface area contributed by atoms with Crippen LogP contribution in [0.1, 0.15) is 62.0 Å². The number of aliphatic hydroxyl groups excluding tert-OH is 1. The second-order valence-electron chi connectivity index (χ2n) is 9.42. The smallest absolute Gasteiger partial charge is 0.492 e. The van der Waals surface area contributed by atoms with Crippen molar-refractivity contribution in [3.05, 3.63) is 52.0 Å². The van der Waals surface area contributed by atoms with Crippen molar-refractivity contribution >= 4 is 35.8 Å². The maximum Gasteiger partial charge on any atom is 0.496 e. The Morgan fingerprint density at radius 3 is 2.36 bits per heavy atom. The summed E-state index contributed by atoms with van der Waals surface area (Å²) in [5.74, 6) is 0.114. The predicted molar refractivity (Wildman–Crippen MR) is 133 cm³/mol. The molecule has 0 bridgehead atoms. The van der Waals surface area contributed by atoms with Gasteiger partial charge >= 0.3 is 7.12 Å². The van der Waals surface area contributed by atoms with E-state index in [1.807, 2.05) is 65.8 Å². The number of anilines is 1. The van der Waals surface area contributed by atoms with Gasteiger partial charge in [0.25, 0.3) is 5.91 Å². The van der Waals surface area contributed by atoms with Crippen molar-refractivity contribution in [3.8, 4) is 5.75 Å². The first-order valence-corrected chi connectivity index (χ1v) is 11.7. The molecule has 2 aromatic carbocycles. The van der Waals surface area contributed by atoms with Gasteiger partial charge in [-0.25, -0.2) is 0 Å². The largest absolute Gasteiger partial charge is 0.496 e. The third-order valence-corrected chi connectivity index (χ3v) is 6.91. The third-order valence-electron chi connectivity index (χ3n) is 6.41. The summed E-state index contributed by atoms with van der Waals surface area (Å²) in [6.45, 7) is 12.1. The number of halogens is 1. The van der Waals surface area contributed by atoms with Crippen molar-refractivity contribution in [1.82, 2.24) is 0 Å². The molecule has 0 atom stereocenters. The second-order valence-corrected chi connectivity index (χ2v) is 9.80. The van der Waals surface area contributed by atoms with Crippen molar-refractivity contribution in [3.63, 3.8) is 0 Å². The number of benzene rings is 2. The number of aliphatic hydroxyl groups is 1. The Bertz CT molecular complexity index is 1010. The van der Waals surface area contributed by atoms with Gasteiger partial charge in [0.15, 0.2) is 0 Å². The lowest BCUT2D eigenvalue weighted by Gasteiger charge is -2.32. The average Bonchev–Trinajstić information content (AvgIpc) is 2.96. The maximum absolute atomic E-state index is 13.4. The topological polar surface area (TPSA) is 77.0 Å². The minimum absolute atomic E-state index is 0.0879. The van der Waals surface area contributed by atoms with Crippen molar-refractivity contribution in [2.24, 2.45) is 0 Å². The molecular weight excluding hydrogens is 441 g/mol. The van der Waals surface area contributed by atoms with E-state index in [9.17, 15) is 4.79 Å². The SMILES string of the molecule is Cc1ccccc1NC(=O)c1cc(B2OC(C)(C)C(C)(C)O2)c(Cl)c(C)c1OCCCCO. The Kier molecular flexibility index (Phi) is 7.79. The van der Waals surface area contributed by atoms with Crippen LogP contribution in [0.15, 0.2) is 30.3 Å². The summed E-state index contributed by atoms with van der Waals surface area (Å²) in [5.41, 5.74) is 2.17. The molecule has 8 heteroatoms. The maximum atomic E-state index is 13.4. The van der Waals surface area contributed by atoms with Gasteiger partial charge in [-0.05, 0) is 72.1 Å². The number of hydrogen-bond acceptors (Lipinski definition) is 5. The molecule has 1 aliphatic rings. The molecule has 0 spiro atoms. The van der Waals surface area contributed by atoms with Gasteiger partial charge in [-0.1, -0.05) is 29.8 Å². The van der Waals surface area contributed by atoms with Crippen molar-refractivity contribution in [1.29, 1.82) is 0 Å². The zero-order valence-electron chi connectivity index (χ0n) is 20.3. The van der Waals surface area contributed by atoms with E-state index in [4.69, 9.17) is 30.8 Å². The summed E-state index contributed by atoms with van der Waals surface area (Å²) in [5, 5.41) is 12.5. The summed E-state index contributed by atoms with van der Waals surface area (Å²) in [7, 11) is -0.713. The van der Waals surface area contributed by atoms with Crippen molar-refractivity contribution in [2.75, 3.05) is 18.5 Å². The number of carbonyl (C=O) groups excluding carboxylic acids is 1. The van der Waals surface area contributed by atoms with Crippen LogP contribution < -0.4 is 15.5 Å². The zero-order valence-corrected chi connectivity index (χ0v) is 21.0. The molecule has 1 aliphatic heterocycles. The normalized spacial score (nSPS) is 16.7. The van der Waals surface area contributed by atoms with Crippen LogP contribution in [0, 0.1) is 13.8 Å². The summed E-state index contributed by atoms with van der Waals surface area (Å²) >= 11 is 6.76. The molecule has 3 rings (SSSR count). The standard InChI is InChI=1S/C25H33BClNO5/c1-16-11-7-8-12-20(16)28-23(30)18-15-19(26-32-24(3,4)25(5,6)33-26)21(27)17(2)22(18)31-14-10-9-13-29/h7-8,11-12,15,29H,9-10,13-14H2,1-6H3,(H,28,30). The van der Waals surface area contributed by atoms with E-state index in [0.717, 1.165) is 11.3 Å². The number of unbranched alkanes of at least 4 members (excludes halogenated alkanes) is 1. The van der Waals surface area contributed by atoms with Gasteiger partial charge < -0.3 is 24.5 Å². The van der Waals surface area contributed by atoms with Gasteiger partial charge in [-0.3, -0.25) is 4.79 Å². The van der Waals surface area contributed by atoms with E-state index in [2.05, 4.69) is 5.32 Å². The van der Waals surface area contributed by atoms with Gasteiger partial charge in [0, 0.05) is 28.3 Å². The van der Waals surface area contributed by atoms with E-state index in [1.165, 1.54) is 0 Å². The number of amides is 1. The fourth-order valence-electron chi connectivity index (χ4n) is 3.59. The molecule has 0 radical (unpaired) electrons. The van der Waals surface area contributed by atoms with E-state index in [-0.39, 0.29) is 12.5 Å². The molecule has 0 saturated carbocycles. The number of carbonyl (C=O) groups is 1. The Morgan fingerprint density at radius 2 is 1.76 bits per heavy atom. The fourth-order valence-corrected chi connectivity index (χ4v) is 3.82. The summed E-state index contributed by atoms with van der Waals surface area (Å²) in [6, 6.07) is 9.28. The van der Waals surface area contributed by atoms with Crippen LogP contribution in [0.3, 0.4) is 0 Å². The molecule has 1 heterocycles. The van der Waals surface area contributed by atoms with E-state index < -0.39 is 18.3 Å². The number of rotatable bonds is 8. The number of para-hydroxylation sites is 1. The molecule has 2 N–H and O–H groups in total. The lowest BCUT2D eigenvalue weighted by atomic mass is 9.77. The molecular formula is C25H33BClNO5. The van der Waals surface area contributed by atoms with Gasteiger partial charge in [0.05, 0.1) is 23.4 Å². The first kappa shape index (κ1) is 25.6. The molecule has 1 fully saturated rings. The van der Waals surface area contributed by atoms with Crippen LogP contribution in [0.5, 0.6) is 5.75 Å². The van der Waals surface area contributed by atoms with Crippen molar-refractivity contribution < 1.29 is 23.9 Å². The molecule has 33 heavy (non-hydrogen) atoms. The Balaban J connectivity index is 2.02. The lowest BCUT2D eigenvalue weighted by molar-refractivity contribution is 0.00578. The molecule has 0 aromatic heterocycles. The molecule has 0 aliphatic carbocycles. The average molecular weight is 474 g/mol. The number of aryl methyl sites for hydroxylation is 1. The van der Waals surface area contributed by atoms with Gasteiger partial charge in [0.1, 0.15) is 5.75 Å². The molecule has 6 nitrogen and oxygen atoms in total. The molecule has 1 amide bonds. The number of nitrogens with one attached hydrogen (secondary N) is 1. The zero-order chi connectivity index (χ0) is 24.4.